The first kappa shape index (κ1) is 11.3. The fourth-order valence-electron chi connectivity index (χ4n) is 1.50. The number of hydrogen-bond acceptors (Lipinski definition) is 0. The van der Waals surface area contributed by atoms with Crippen LogP contribution in [-0.2, 0) is 11.8 Å². The quantitative estimate of drug-likeness (QED) is 0.670. The molecule has 1 rings (SSSR count). The molecule has 0 atom stereocenters. The minimum atomic E-state index is 0.269. The van der Waals surface area contributed by atoms with Gasteiger partial charge in [0.25, 0.3) is 0 Å². The first-order chi connectivity index (χ1) is 6.54. The monoisotopic (exact) mass is 189 g/mol. The average Bonchev–Trinajstić information content (AvgIpc) is 2.14. The zero-order chi connectivity index (χ0) is 10.6. The summed E-state index contributed by atoms with van der Waals surface area (Å²) in [6, 6.07) is 8.99. The Morgan fingerprint density at radius 2 is 1.64 bits per heavy atom. The molecule has 0 aliphatic carbocycles. The van der Waals surface area contributed by atoms with Crippen LogP contribution in [0.5, 0.6) is 0 Å². The van der Waals surface area contributed by atoms with Crippen molar-refractivity contribution in [3.05, 3.63) is 42.3 Å². The van der Waals surface area contributed by atoms with Crippen LogP contribution in [0.3, 0.4) is 0 Å². The van der Waals surface area contributed by atoms with Crippen LogP contribution in [0.2, 0.25) is 0 Å². The predicted octanol–water partition coefficient (Wildman–Crippen LogP) is 4.14. The lowest BCUT2D eigenvalue weighted by Gasteiger charge is -2.19. The number of aryl methyl sites for hydroxylation is 1. The molecule has 0 bridgehead atoms. The van der Waals surface area contributed by atoms with Crippen LogP contribution in [0.25, 0.3) is 0 Å². The summed E-state index contributed by atoms with van der Waals surface area (Å²) < 4.78 is 0. The van der Waals surface area contributed by atoms with Crippen molar-refractivity contribution in [1.29, 1.82) is 0 Å². The molecule has 0 spiro atoms. The fraction of sp³-hybridized carbons (Fsp3) is 0.500. The fourth-order valence-corrected chi connectivity index (χ4v) is 1.50. The van der Waals surface area contributed by atoms with Gasteiger partial charge in [-0.15, -0.1) is 0 Å². The van der Waals surface area contributed by atoms with Crippen LogP contribution >= 0.6 is 0 Å². The standard InChI is InChI=1S/C14H21/c1-5-6-7-12-8-10-13(11-9-12)14(2,3)4/h8-11H,1,5-7H2,2-4H3. The SMILES string of the molecule is [CH2]CCCc1ccc(C(C)(C)C)cc1. The van der Waals surface area contributed by atoms with Gasteiger partial charge in [0.05, 0.1) is 0 Å². The summed E-state index contributed by atoms with van der Waals surface area (Å²) in [6.07, 6.45) is 3.38. The largest absolute Gasteiger partial charge is 0.0588 e. The molecular formula is C14H21. The van der Waals surface area contributed by atoms with Gasteiger partial charge in [0.1, 0.15) is 0 Å². The van der Waals surface area contributed by atoms with Gasteiger partial charge < -0.3 is 0 Å². The van der Waals surface area contributed by atoms with Gasteiger partial charge in [0.15, 0.2) is 0 Å². The Kier molecular flexibility index (Phi) is 3.74. The van der Waals surface area contributed by atoms with Gasteiger partial charge in [0, 0.05) is 0 Å². The molecule has 0 saturated heterocycles. The minimum absolute atomic E-state index is 0.269. The Labute approximate surface area is 88.4 Å². The maximum atomic E-state index is 3.86. The second-order valence-corrected chi connectivity index (χ2v) is 4.90. The lowest BCUT2D eigenvalue weighted by Crippen LogP contribution is -2.10. The van der Waals surface area contributed by atoms with Gasteiger partial charge in [-0.2, -0.15) is 0 Å². The van der Waals surface area contributed by atoms with E-state index < -0.39 is 0 Å². The average molecular weight is 189 g/mol. The summed E-state index contributed by atoms with van der Waals surface area (Å²) >= 11 is 0. The Morgan fingerprint density at radius 3 is 2.07 bits per heavy atom. The first-order valence-electron chi connectivity index (χ1n) is 5.42. The van der Waals surface area contributed by atoms with Crippen molar-refractivity contribution >= 4 is 0 Å². The van der Waals surface area contributed by atoms with Gasteiger partial charge >= 0.3 is 0 Å². The van der Waals surface area contributed by atoms with Crippen molar-refractivity contribution in [2.24, 2.45) is 0 Å². The van der Waals surface area contributed by atoms with Gasteiger partial charge in [-0.1, -0.05) is 58.4 Å². The number of rotatable bonds is 3. The molecule has 77 valence electrons. The molecular weight excluding hydrogens is 168 g/mol. The van der Waals surface area contributed by atoms with E-state index in [4.69, 9.17) is 0 Å². The molecule has 0 aliphatic rings. The van der Waals surface area contributed by atoms with Crippen molar-refractivity contribution in [2.45, 2.75) is 45.4 Å². The zero-order valence-electron chi connectivity index (χ0n) is 9.64. The summed E-state index contributed by atoms with van der Waals surface area (Å²) in [7, 11) is 0. The smallest absolute Gasteiger partial charge is 0.0132 e. The molecule has 0 heterocycles. The van der Waals surface area contributed by atoms with Gasteiger partial charge in [-0.25, -0.2) is 0 Å². The summed E-state index contributed by atoms with van der Waals surface area (Å²) in [6.45, 7) is 10.6. The Morgan fingerprint density at radius 1 is 1.07 bits per heavy atom. The number of benzene rings is 1. The molecule has 0 fully saturated rings. The summed E-state index contributed by atoms with van der Waals surface area (Å²) in [5, 5.41) is 0. The van der Waals surface area contributed by atoms with Gasteiger partial charge in [-0.3, -0.25) is 0 Å². The molecule has 0 unspecified atom stereocenters. The van der Waals surface area contributed by atoms with E-state index in [0.717, 1.165) is 12.8 Å². The van der Waals surface area contributed by atoms with Crippen molar-refractivity contribution in [1.82, 2.24) is 0 Å². The molecule has 1 aromatic carbocycles. The molecule has 0 heteroatoms. The second kappa shape index (κ2) is 4.63. The second-order valence-electron chi connectivity index (χ2n) is 4.90. The first-order valence-corrected chi connectivity index (χ1v) is 5.42. The molecule has 1 aromatic rings. The maximum absolute atomic E-state index is 3.86. The van der Waals surface area contributed by atoms with Crippen molar-refractivity contribution in [3.8, 4) is 0 Å². The topological polar surface area (TPSA) is 0 Å². The highest BCUT2D eigenvalue weighted by Crippen LogP contribution is 2.22. The van der Waals surface area contributed by atoms with Crippen LogP contribution in [0.1, 0.15) is 44.7 Å². The molecule has 0 amide bonds. The zero-order valence-corrected chi connectivity index (χ0v) is 9.64. The van der Waals surface area contributed by atoms with E-state index in [9.17, 15) is 0 Å². The molecule has 0 aromatic heterocycles. The Hall–Kier alpha value is -0.780. The summed E-state index contributed by atoms with van der Waals surface area (Å²) in [5.41, 5.74) is 3.11. The lowest BCUT2D eigenvalue weighted by molar-refractivity contribution is 0.590. The van der Waals surface area contributed by atoms with E-state index in [0.29, 0.717) is 0 Å². The third-order valence-corrected chi connectivity index (χ3v) is 2.54. The normalized spacial score (nSPS) is 11.7. The molecule has 0 N–H and O–H groups in total. The van der Waals surface area contributed by atoms with E-state index in [1.165, 1.54) is 17.5 Å². The van der Waals surface area contributed by atoms with Gasteiger partial charge in [-0.05, 0) is 29.4 Å². The van der Waals surface area contributed by atoms with E-state index in [1.54, 1.807) is 0 Å². The van der Waals surface area contributed by atoms with Crippen molar-refractivity contribution in [3.63, 3.8) is 0 Å². The van der Waals surface area contributed by atoms with Crippen LogP contribution in [0, 0.1) is 6.92 Å². The molecule has 0 nitrogen and oxygen atoms in total. The molecule has 14 heavy (non-hydrogen) atoms. The van der Waals surface area contributed by atoms with E-state index in [1.807, 2.05) is 0 Å². The Bertz CT molecular complexity index is 261. The predicted molar refractivity (Wildman–Crippen MR) is 63.4 cm³/mol. The third-order valence-electron chi connectivity index (χ3n) is 2.54. The lowest BCUT2D eigenvalue weighted by atomic mass is 9.86. The number of hydrogen-bond donors (Lipinski definition) is 0. The maximum Gasteiger partial charge on any atom is -0.0132 e. The highest BCUT2D eigenvalue weighted by atomic mass is 14.2. The molecule has 0 aliphatic heterocycles. The van der Waals surface area contributed by atoms with Crippen LogP contribution in [0.15, 0.2) is 24.3 Å². The molecule has 1 radical (unpaired) electrons. The van der Waals surface area contributed by atoms with Crippen molar-refractivity contribution < 1.29 is 0 Å². The van der Waals surface area contributed by atoms with E-state index >= 15 is 0 Å². The van der Waals surface area contributed by atoms with Crippen LogP contribution in [-0.4, -0.2) is 0 Å². The third kappa shape index (κ3) is 3.17. The van der Waals surface area contributed by atoms with Crippen molar-refractivity contribution in [2.75, 3.05) is 0 Å². The highest BCUT2D eigenvalue weighted by molar-refractivity contribution is 5.27. The van der Waals surface area contributed by atoms with Gasteiger partial charge in [0.2, 0.25) is 0 Å². The summed E-state index contributed by atoms with van der Waals surface area (Å²) in [5.74, 6) is 0. The van der Waals surface area contributed by atoms with Crippen LogP contribution < -0.4 is 0 Å². The van der Waals surface area contributed by atoms with E-state index in [-0.39, 0.29) is 5.41 Å². The summed E-state index contributed by atoms with van der Waals surface area (Å²) in [4.78, 5) is 0. The highest BCUT2D eigenvalue weighted by Gasteiger charge is 2.12. The van der Waals surface area contributed by atoms with E-state index in [2.05, 4.69) is 52.0 Å². The molecule has 0 saturated carbocycles. The van der Waals surface area contributed by atoms with Crippen LogP contribution in [0.4, 0.5) is 0 Å². The Balaban J connectivity index is 2.69. The minimum Gasteiger partial charge on any atom is -0.0588 e. The number of unbranched alkanes of at least 4 members (excludes halogenated alkanes) is 1.